The molecule has 2 aromatic carbocycles. The first-order valence-electron chi connectivity index (χ1n) is 6.00. The molecule has 0 radical (unpaired) electrons. The van der Waals surface area contributed by atoms with Gasteiger partial charge in [0.2, 0.25) is 0 Å². The van der Waals surface area contributed by atoms with E-state index in [4.69, 9.17) is 17.3 Å². The van der Waals surface area contributed by atoms with Crippen LogP contribution < -0.4 is 11.1 Å². The number of amides is 1. The van der Waals surface area contributed by atoms with Crippen molar-refractivity contribution in [1.82, 2.24) is 0 Å². The van der Waals surface area contributed by atoms with Crippen molar-refractivity contribution in [3.63, 3.8) is 0 Å². The minimum atomic E-state index is -0.639. The molecule has 0 atom stereocenters. The van der Waals surface area contributed by atoms with Gasteiger partial charge in [0.25, 0.3) is 11.6 Å². The Hall–Kier alpha value is -2.60. The number of hydrogen-bond acceptors (Lipinski definition) is 4. The zero-order valence-electron chi connectivity index (χ0n) is 11.1. The van der Waals surface area contributed by atoms with E-state index in [9.17, 15) is 14.9 Å². The van der Waals surface area contributed by atoms with E-state index < -0.39 is 10.8 Å². The molecule has 0 bridgehead atoms. The van der Waals surface area contributed by atoms with E-state index >= 15 is 0 Å². The van der Waals surface area contributed by atoms with E-state index in [0.717, 1.165) is 5.56 Å². The van der Waals surface area contributed by atoms with Gasteiger partial charge in [0.15, 0.2) is 0 Å². The van der Waals surface area contributed by atoms with Crippen LogP contribution in [0.25, 0.3) is 0 Å². The highest BCUT2D eigenvalue weighted by molar-refractivity contribution is 6.34. The number of rotatable bonds is 3. The van der Waals surface area contributed by atoms with Crippen molar-refractivity contribution in [1.29, 1.82) is 0 Å². The highest BCUT2D eigenvalue weighted by atomic mass is 35.5. The molecule has 0 aliphatic heterocycles. The smallest absolute Gasteiger partial charge is 0.282 e. The highest BCUT2D eigenvalue weighted by Crippen LogP contribution is 2.26. The number of nitro groups is 1. The molecule has 0 unspecified atom stereocenters. The van der Waals surface area contributed by atoms with Gasteiger partial charge in [0.1, 0.15) is 5.56 Å². The van der Waals surface area contributed by atoms with Crippen LogP contribution in [0.4, 0.5) is 17.1 Å². The largest absolute Gasteiger partial charge is 0.399 e. The van der Waals surface area contributed by atoms with Crippen LogP contribution in [0.3, 0.4) is 0 Å². The molecule has 2 rings (SSSR count). The van der Waals surface area contributed by atoms with E-state index in [2.05, 4.69) is 5.32 Å². The summed E-state index contributed by atoms with van der Waals surface area (Å²) in [6.45, 7) is 1.86. The summed E-state index contributed by atoms with van der Waals surface area (Å²) in [6.07, 6.45) is 0. The second-order valence-electron chi connectivity index (χ2n) is 4.47. The van der Waals surface area contributed by atoms with Crippen LogP contribution in [0, 0.1) is 17.0 Å². The van der Waals surface area contributed by atoms with Gasteiger partial charge in [-0.05, 0) is 36.8 Å². The molecule has 6 nitrogen and oxygen atoms in total. The molecular weight excluding hydrogens is 294 g/mol. The first kappa shape index (κ1) is 14.8. The van der Waals surface area contributed by atoms with Gasteiger partial charge in [-0.2, -0.15) is 0 Å². The number of benzene rings is 2. The predicted octanol–water partition coefficient (Wildman–Crippen LogP) is 3.39. The zero-order chi connectivity index (χ0) is 15.6. The Morgan fingerprint density at radius 3 is 2.62 bits per heavy atom. The molecule has 0 spiro atoms. The number of nitrogens with one attached hydrogen (secondary N) is 1. The Bertz CT molecular complexity index is 731. The maximum absolute atomic E-state index is 12.2. The summed E-state index contributed by atoms with van der Waals surface area (Å²) in [5.41, 5.74) is 6.73. The number of carbonyl (C=O) groups excluding carboxylic acids is 1. The lowest BCUT2D eigenvalue weighted by Crippen LogP contribution is -2.14. The number of anilines is 2. The highest BCUT2D eigenvalue weighted by Gasteiger charge is 2.21. The fraction of sp³-hybridized carbons (Fsp3) is 0.0714. The summed E-state index contributed by atoms with van der Waals surface area (Å²) < 4.78 is 0. The van der Waals surface area contributed by atoms with E-state index in [-0.39, 0.29) is 16.9 Å². The number of nitro benzene ring substituents is 1. The Morgan fingerprint density at radius 1 is 1.29 bits per heavy atom. The number of hydrogen-bond donors (Lipinski definition) is 2. The Kier molecular flexibility index (Phi) is 4.09. The third-order valence-corrected chi connectivity index (χ3v) is 3.15. The van der Waals surface area contributed by atoms with Gasteiger partial charge in [0.05, 0.1) is 15.6 Å². The lowest BCUT2D eigenvalue weighted by atomic mass is 10.1. The van der Waals surface area contributed by atoms with E-state index in [1.54, 1.807) is 18.2 Å². The standard InChI is InChI=1S/C14H12ClN3O3/c1-8-2-4-12(11(15)6-8)17-14(19)10-7-9(16)3-5-13(10)18(20)21/h2-7H,16H2,1H3,(H,17,19). The van der Waals surface area contributed by atoms with Crippen molar-refractivity contribution in [2.75, 3.05) is 11.1 Å². The summed E-state index contributed by atoms with van der Waals surface area (Å²) >= 11 is 6.02. The molecule has 0 aliphatic rings. The monoisotopic (exact) mass is 305 g/mol. The van der Waals surface area contributed by atoms with Crippen molar-refractivity contribution >= 4 is 34.6 Å². The predicted molar refractivity (Wildman–Crippen MR) is 81.7 cm³/mol. The molecule has 0 fully saturated rings. The minimum absolute atomic E-state index is 0.114. The number of carbonyl (C=O) groups is 1. The first-order chi connectivity index (χ1) is 9.88. The fourth-order valence-corrected chi connectivity index (χ4v) is 2.09. The van der Waals surface area contributed by atoms with Gasteiger partial charge in [0, 0.05) is 11.8 Å². The second kappa shape index (κ2) is 5.80. The van der Waals surface area contributed by atoms with Gasteiger partial charge < -0.3 is 11.1 Å². The van der Waals surface area contributed by atoms with Gasteiger partial charge in [-0.25, -0.2) is 0 Å². The lowest BCUT2D eigenvalue weighted by molar-refractivity contribution is -0.385. The SMILES string of the molecule is Cc1ccc(NC(=O)c2cc(N)ccc2[N+](=O)[O-])c(Cl)c1. The maximum Gasteiger partial charge on any atom is 0.282 e. The first-order valence-corrected chi connectivity index (χ1v) is 6.37. The Morgan fingerprint density at radius 2 is 2.00 bits per heavy atom. The summed E-state index contributed by atoms with van der Waals surface area (Å²) in [4.78, 5) is 22.5. The van der Waals surface area contributed by atoms with Crippen LogP contribution in [-0.4, -0.2) is 10.8 Å². The van der Waals surface area contributed by atoms with Crippen molar-refractivity contribution in [3.8, 4) is 0 Å². The minimum Gasteiger partial charge on any atom is -0.399 e. The number of halogens is 1. The topological polar surface area (TPSA) is 98.3 Å². The molecule has 0 aliphatic carbocycles. The summed E-state index contributed by atoms with van der Waals surface area (Å²) in [5, 5.41) is 13.9. The fourth-order valence-electron chi connectivity index (χ4n) is 1.81. The van der Waals surface area contributed by atoms with Gasteiger partial charge >= 0.3 is 0 Å². The quantitative estimate of drug-likeness (QED) is 0.516. The van der Waals surface area contributed by atoms with E-state index in [1.807, 2.05) is 6.92 Å². The van der Waals surface area contributed by atoms with Crippen molar-refractivity contribution in [2.45, 2.75) is 6.92 Å². The van der Waals surface area contributed by atoms with Gasteiger partial charge in [-0.1, -0.05) is 17.7 Å². The molecule has 108 valence electrons. The molecule has 0 aromatic heterocycles. The van der Waals surface area contributed by atoms with Crippen LogP contribution >= 0.6 is 11.6 Å². The summed E-state index contributed by atoms with van der Waals surface area (Å²) in [7, 11) is 0. The average Bonchev–Trinajstić information content (AvgIpc) is 2.41. The molecule has 21 heavy (non-hydrogen) atoms. The molecule has 2 aromatic rings. The van der Waals surface area contributed by atoms with Crippen LogP contribution in [0.1, 0.15) is 15.9 Å². The summed E-state index contributed by atoms with van der Waals surface area (Å²) in [5.74, 6) is -0.639. The van der Waals surface area contributed by atoms with Gasteiger partial charge in [-0.15, -0.1) is 0 Å². The molecule has 3 N–H and O–H groups in total. The number of aryl methyl sites for hydroxylation is 1. The lowest BCUT2D eigenvalue weighted by Gasteiger charge is -2.08. The Labute approximate surface area is 125 Å². The molecule has 7 heteroatoms. The number of nitrogens with two attached hydrogens (primary N) is 1. The van der Waals surface area contributed by atoms with Crippen LogP contribution in [-0.2, 0) is 0 Å². The summed E-state index contributed by atoms with van der Waals surface area (Å²) in [6, 6.07) is 8.91. The number of nitrogen functional groups attached to an aromatic ring is 1. The number of nitrogens with zero attached hydrogens (tertiary/aromatic N) is 1. The third-order valence-electron chi connectivity index (χ3n) is 2.83. The molecule has 0 saturated heterocycles. The van der Waals surface area contributed by atoms with Crippen molar-refractivity contribution < 1.29 is 9.72 Å². The van der Waals surface area contributed by atoms with Crippen molar-refractivity contribution in [3.05, 3.63) is 62.7 Å². The zero-order valence-corrected chi connectivity index (χ0v) is 11.8. The molecule has 1 amide bonds. The van der Waals surface area contributed by atoms with Crippen molar-refractivity contribution in [2.24, 2.45) is 0 Å². The van der Waals surface area contributed by atoms with Gasteiger partial charge in [-0.3, -0.25) is 14.9 Å². The second-order valence-corrected chi connectivity index (χ2v) is 4.88. The maximum atomic E-state index is 12.2. The molecular formula is C14H12ClN3O3. The van der Waals surface area contributed by atoms with Crippen LogP contribution in [0.2, 0.25) is 5.02 Å². The van der Waals surface area contributed by atoms with E-state index in [0.29, 0.717) is 10.7 Å². The average molecular weight is 306 g/mol. The molecule has 0 saturated carbocycles. The van der Waals surface area contributed by atoms with Crippen LogP contribution in [0.15, 0.2) is 36.4 Å². The third kappa shape index (κ3) is 3.29. The molecule has 0 heterocycles. The normalized spacial score (nSPS) is 10.2. The Balaban J connectivity index is 2.36. The van der Waals surface area contributed by atoms with Crippen LogP contribution in [0.5, 0.6) is 0 Å². The van der Waals surface area contributed by atoms with E-state index in [1.165, 1.54) is 18.2 Å².